The number of fused-ring (bicyclic) bond motifs is 2. The van der Waals surface area contributed by atoms with E-state index in [1.165, 1.54) is 0 Å². The molecule has 3 heterocycles. The third-order valence-electron chi connectivity index (χ3n) is 6.51. The number of aliphatic hydroxyl groups excluding tert-OH is 1. The lowest BCUT2D eigenvalue weighted by atomic mass is 9.93. The van der Waals surface area contributed by atoms with E-state index >= 15 is 0 Å². The fraction of sp³-hybridized carbons (Fsp3) is 0.308. The zero-order chi connectivity index (χ0) is 23.3. The Morgan fingerprint density at radius 3 is 2.79 bits per heavy atom. The molecule has 0 aliphatic carbocycles. The number of aliphatic hydroxyl groups is 1. The number of carbonyl (C=O) groups excluding carboxylic acids is 2. The van der Waals surface area contributed by atoms with Crippen LogP contribution in [0.15, 0.2) is 48.0 Å². The molecule has 2 N–H and O–H groups in total. The standard InChI is InChI=1S/C26H27N3O4/c1-15-21(18-6-4-5-7-19(18)27-15)23-22(25(31)26(32)29(23)12-11-28(2)3)24(30)17-8-9-20-16(14-17)10-13-33-20/h4-9,14,23,27,30H,10-13H2,1-3H3/b24-22+. The van der Waals surface area contributed by atoms with Gasteiger partial charge in [-0.2, -0.15) is 0 Å². The average molecular weight is 446 g/mol. The van der Waals surface area contributed by atoms with Gasteiger partial charge < -0.3 is 24.6 Å². The number of nitrogens with one attached hydrogen (secondary N) is 1. The Kier molecular flexibility index (Phi) is 5.21. The van der Waals surface area contributed by atoms with Gasteiger partial charge in [-0.15, -0.1) is 0 Å². The van der Waals surface area contributed by atoms with Crippen molar-refractivity contribution in [2.24, 2.45) is 0 Å². The first-order chi connectivity index (χ1) is 15.9. The van der Waals surface area contributed by atoms with Gasteiger partial charge in [0.1, 0.15) is 11.5 Å². The molecular weight excluding hydrogens is 418 g/mol. The van der Waals surface area contributed by atoms with Crippen molar-refractivity contribution in [1.29, 1.82) is 0 Å². The second kappa shape index (κ2) is 8.08. The Bertz CT molecular complexity index is 1300. The number of nitrogens with zero attached hydrogens (tertiary/aromatic N) is 2. The molecule has 7 heteroatoms. The summed E-state index contributed by atoms with van der Waals surface area (Å²) in [6.07, 6.45) is 0.749. The van der Waals surface area contributed by atoms with E-state index in [0.717, 1.165) is 39.9 Å². The fourth-order valence-corrected chi connectivity index (χ4v) is 4.86. The fourth-order valence-electron chi connectivity index (χ4n) is 4.86. The average Bonchev–Trinajstić information content (AvgIpc) is 3.45. The second-order valence-corrected chi connectivity index (χ2v) is 8.93. The highest BCUT2D eigenvalue weighted by Gasteiger charge is 2.47. The maximum atomic E-state index is 13.3. The van der Waals surface area contributed by atoms with E-state index in [4.69, 9.17) is 4.74 Å². The van der Waals surface area contributed by atoms with Gasteiger partial charge >= 0.3 is 0 Å². The van der Waals surface area contributed by atoms with E-state index < -0.39 is 17.7 Å². The molecule has 1 amide bonds. The molecule has 1 saturated heterocycles. The molecular formula is C26H27N3O4. The molecule has 7 nitrogen and oxygen atoms in total. The van der Waals surface area contributed by atoms with Crippen LogP contribution in [0.25, 0.3) is 16.7 Å². The smallest absolute Gasteiger partial charge is 0.295 e. The van der Waals surface area contributed by atoms with Crippen molar-refractivity contribution in [3.05, 3.63) is 70.4 Å². The number of ether oxygens (including phenoxy) is 1. The van der Waals surface area contributed by atoms with Crippen LogP contribution in [0.3, 0.4) is 0 Å². The van der Waals surface area contributed by atoms with E-state index in [0.29, 0.717) is 25.3 Å². The number of aryl methyl sites for hydroxylation is 1. The van der Waals surface area contributed by atoms with Crippen LogP contribution >= 0.6 is 0 Å². The predicted octanol–water partition coefficient (Wildman–Crippen LogP) is 3.39. The Labute approximate surface area is 192 Å². The SMILES string of the molecule is Cc1[nH]c2ccccc2c1C1/C(=C(\O)c2ccc3c(c2)CCO3)C(=O)C(=O)N1CCN(C)C. The van der Waals surface area contributed by atoms with Crippen LogP contribution < -0.4 is 4.74 Å². The molecule has 5 rings (SSSR count). The van der Waals surface area contributed by atoms with E-state index in [2.05, 4.69) is 4.98 Å². The number of likely N-dealkylation sites (N-methyl/N-ethyl adjacent to an activating group) is 1. The number of hydrogen-bond donors (Lipinski definition) is 2. The highest BCUT2D eigenvalue weighted by atomic mass is 16.5. The summed E-state index contributed by atoms with van der Waals surface area (Å²) in [4.78, 5) is 33.4. The zero-order valence-corrected chi connectivity index (χ0v) is 19.0. The molecule has 33 heavy (non-hydrogen) atoms. The molecule has 0 saturated carbocycles. The molecule has 1 atom stereocenters. The Morgan fingerprint density at radius 1 is 1.21 bits per heavy atom. The minimum absolute atomic E-state index is 0.130. The summed E-state index contributed by atoms with van der Waals surface area (Å²) in [5.41, 5.74) is 4.28. The maximum Gasteiger partial charge on any atom is 0.295 e. The molecule has 0 spiro atoms. The highest BCUT2D eigenvalue weighted by molar-refractivity contribution is 6.46. The Hall–Kier alpha value is -3.58. The molecule has 2 aromatic carbocycles. The number of aromatic nitrogens is 1. The van der Waals surface area contributed by atoms with Gasteiger partial charge in [-0.05, 0) is 50.8 Å². The molecule has 2 aliphatic heterocycles. The number of ketones is 1. The third kappa shape index (κ3) is 3.49. The number of Topliss-reactive ketones (excluding diaryl/α,β-unsaturated/α-hetero) is 1. The first-order valence-corrected chi connectivity index (χ1v) is 11.1. The van der Waals surface area contributed by atoms with Crippen LogP contribution in [0.1, 0.15) is 28.4 Å². The third-order valence-corrected chi connectivity index (χ3v) is 6.51. The number of hydrogen-bond acceptors (Lipinski definition) is 5. The topological polar surface area (TPSA) is 85.9 Å². The van der Waals surface area contributed by atoms with Crippen molar-refractivity contribution in [2.45, 2.75) is 19.4 Å². The number of amides is 1. The number of aromatic amines is 1. The van der Waals surface area contributed by atoms with Gasteiger partial charge in [-0.25, -0.2) is 0 Å². The van der Waals surface area contributed by atoms with Crippen molar-refractivity contribution in [2.75, 3.05) is 33.8 Å². The predicted molar refractivity (Wildman–Crippen MR) is 126 cm³/mol. The van der Waals surface area contributed by atoms with Crippen LogP contribution in [-0.2, 0) is 16.0 Å². The summed E-state index contributed by atoms with van der Waals surface area (Å²) in [6, 6.07) is 12.6. The number of para-hydroxylation sites is 1. The maximum absolute atomic E-state index is 13.3. The van der Waals surface area contributed by atoms with Crippen LogP contribution in [0.2, 0.25) is 0 Å². The van der Waals surface area contributed by atoms with Gasteiger partial charge in [0, 0.05) is 47.2 Å². The molecule has 3 aromatic rings. The summed E-state index contributed by atoms with van der Waals surface area (Å²) >= 11 is 0. The number of H-pyrrole nitrogens is 1. The van der Waals surface area contributed by atoms with Gasteiger partial charge in [-0.1, -0.05) is 18.2 Å². The minimum Gasteiger partial charge on any atom is -0.507 e. The van der Waals surface area contributed by atoms with Gasteiger partial charge in [0.05, 0.1) is 18.2 Å². The molecule has 1 aromatic heterocycles. The molecule has 2 aliphatic rings. The lowest BCUT2D eigenvalue weighted by Gasteiger charge is -2.27. The summed E-state index contributed by atoms with van der Waals surface area (Å²) in [7, 11) is 3.85. The normalized spacial score (nSPS) is 19.5. The van der Waals surface area contributed by atoms with Gasteiger partial charge in [0.2, 0.25) is 0 Å². The van der Waals surface area contributed by atoms with E-state index in [9.17, 15) is 14.7 Å². The lowest BCUT2D eigenvalue weighted by Crippen LogP contribution is -2.35. The number of likely N-dealkylation sites (tertiary alicyclic amines) is 1. The first-order valence-electron chi connectivity index (χ1n) is 11.1. The highest BCUT2D eigenvalue weighted by Crippen LogP contribution is 2.43. The molecule has 0 bridgehead atoms. The minimum atomic E-state index is -0.675. The number of carbonyl (C=O) groups is 2. The lowest BCUT2D eigenvalue weighted by molar-refractivity contribution is -0.140. The van der Waals surface area contributed by atoms with Crippen molar-refractivity contribution in [3.63, 3.8) is 0 Å². The number of benzene rings is 2. The quantitative estimate of drug-likeness (QED) is 0.357. The van der Waals surface area contributed by atoms with Crippen LogP contribution in [0, 0.1) is 6.92 Å². The van der Waals surface area contributed by atoms with Gasteiger partial charge in [-0.3, -0.25) is 9.59 Å². The Morgan fingerprint density at radius 2 is 2.00 bits per heavy atom. The first kappa shape index (κ1) is 21.3. The monoisotopic (exact) mass is 445 g/mol. The van der Waals surface area contributed by atoms with Gasteiger partial charge in [0.15, 0.2) is 0 Å². The van der Waals surface area contributed by atoms with Crippen LogP contribution in [0.5, 0.6) is 5.75 Å². The molecule has 1 fully saturated rings. The Balaban J connectivity index is 1.71. The van der Waals surface area contributed by atoms with E-state index in [1.807, 2.05) is 62.3 Å². The number of rotatable bonds is 5. The molecule has 0 radical (unpaired) electrons. The summed E-state index contributed by atoms with van der Waals surface area (Å²) in [5.74, 6) is -0.595. The zero-order valence-electron chi connectivity index (χ0n) is 19.0. The second-order valence-electron chi connectivity index (χ2n) is 8.93. The summed E-state index contributed by atoms with van der Waals surface area (Å²) in [5, 5.41) is 12.3. The van der Waals surface area contributed by atoms with Gasteiger partial charge in [0.25, 0.3) is 11.7 Å². The van der Waals surface area contributed by atoms with Crippen LogP contribution in [0.4, 0.5) is 0 Å². The molecule has 1 unspecified atom stereocenters. The summed E-state index contributed by atoms with van der Waals surface area (Å²) in [6.45, 7) is 3.51. The summed E-state index contributed by atoms with van der Waals surface area (Å²) < 4.78 is 5.58. The van der Waals surface area contributed by atoms with Crippen molar-refractivity contribution in [3.8, 4) is 5.75 Å². The largest absolute Gasteiger partial charge is 0.507 e. The van der Waals surface area contributed by atoms with E-state index in [1.54, 1.807) is 11.0 Å². The van der Waals surface area contributed by atoms with Crippen molar-refractivity contribution >= 4 is 28.4 Å². The van der Waals surface area contributed by atoms with Crippen LogP contribution in [-0.4, -0.2) is 65.4 Å². The van der Waals surface area contributed by atoms with Crippen molar-refractivity contribution < 1.29 is 19.4 Å². The van der Waals surface area contributed by atoms with Crippen molar-refractivity contribution in [1.82, 2.24) is 14.8 Å². The molecule has 170 valence electrons. The van der Waals surface area contributed by atoms with E-state index in [-0.39, 0.29) is 11.3 Å².